The first kappa shape index (κ1) is 23.6. The number of carbonyl (C=O) groups excluding carboxylic acids is 2. The molecule has 0 aliphatic heterocycles. The molecule has 176 valence electrons. The number of amides is 2. The van der Waals surface area contributed by atoms with Gasteiger partial charge in [-0.25, -0.2) is 14.4 Å². The highest BCUT2D eigenvalue weighted by molar-refractivity contribution is 6.32. The standard InChI is InChI=1S/C25H30ClFN4O2/c1-17-4-6-20(7-5-17)31(22(32)21(26)27)24(2,18-14-28-16-29-15-18)23(33)30-19-8-12-25(13-9-19)10-3-11-25/h4-7,14-16,19,21H,3,8-13H2,1-2H3,(H,30,33)/t21-,24+/m0/s1. The van der Waals surface area contributed by atoms with Crippen molar-refractivity contribution in [1.29, 1.82) is 0 Å². The first-order valence-corrected chi connectivity index (χ1v) is 11.9. The van der Waals surface area contributed by atoms with E-state index in [1.807, 2.05) is 6.92 Å². The zero-order chi connectivity index (χ0) is 23.6. The topological polar surface area (TPSA) is 75.2 Å². The molecule has 2 aliphatic rings. The van der Waals surface area contributed by atoms with E-state index < -0.39 is 23.0 Å². The van der Waals surface area contributed by atoms with Crippen LogP contribution < -0.4 is 10.2 Å². The van der Waals surface area contributed by atoms with E-state index in [1.54, 1.807) is 31.2 Å². The molecule has 8 heteroatoms. The number of hydrogen-bond acceptors (Lipinski definition) is 4. The molecule has 4 rings (SSSR count). The van der Waals surface area contributed by atoms with Crippen LogP contribution in [0.2, 0.25) is 0 Å². The van der Waals surface area contributed by atoms with Crippen molar-refractivity contribution in [3.05, 3.63) is 54.1 Å². The number of aryl methyl sites for hydroxylation is 1. The zero-order valence-electron chi connectivity index (χ0n) is 19.1. The summed E-state index contributed by atoms with van der Waals surface area (Å²) in [5.41, 5.74) is -1.74. The number of nitrogens with one attached hydrogen (secondary N) is 1. The zero-order valence-corrected chi connectivity index (χ0v) is 19.8. The predicted molar refractivity (Wildman–Crippen MR) is 125 cm³/mol. The van der Waals surface area contributed by atoms with Crippen LogP contribution in [0.4, 0.5) is 10.1 Å². The average molecular weight is 473 g/mol. The maximum absolute atomic E-state index is 14.2. The van der Waals surface area contributed by atoms with Gasteiger partial charge in [-0.15, -0.1) is 0 Å². The van der Waals surface area contributed by atoms with Gasteiger partial charge in [0.15, 0.2) is 5.54 Å². The Morgan fingerprint density at radius 3 is 2.27 bits per heavy atom. The third kappa shape index (κ3) is 4.60. The maximum atomic E-state index is 14.2. The molecule has 1 aromatic carbocycles. The number of carbonyl (C=O) groups is 2. The van der Waals surface area contributed by atoms with E-state index in [2.05, 4.69) is 15.3 Å². The second-order valence-electron chi connectivity index (χ2n) is 9.61. The summed E-state index contributed by atoms with van der Waals surface area (Å²) in [6, 6.07) is 6.97. The van der Waals surface area contributed by atoms with E-state index in [-0.39, 0.29) is 6.04 Å². The van der Waals surface area contributed by atoms with E-state index in [4.69, 9.17) is 11.6 Å². The largest absolute Gasteiger partial charge is 0.351 e. The summed E-state index contributed by atoms with van der Waals surface area (Å²) in [4.78, 5) is 36.2. The molecular weight excluding hydrogens is 443 g/mol. The molecule has 2 aromatic rings. The Morgan fingerprint density at radius 1 is 1.15 bits per heavy atom. The Kier molecular flexibility index (Phi) is 6.71. The molecule has 2 amide bonds. The highest BCUT2D eigenvalue weighted by atomic mass is 35.5. The van der Waals surface area contributed by atoms with Crippen LogP contribution in [0.1, 0.15) is 63.0 Å². The fraction of sp³-hybridized carbons (Fsp3) is 0.520. The van der Waals surface area contributed by atoms with Gasteiger partial charge >= 0.3 is 0 Å². The lowest BCUT2D eigenvalue weighted by atomic mass is 9.60. The molecule has 2 atom stereocenters. The van der Waals surface area contributed by atoms with Gasteiger partial charge in [-0.1, -0.05) is 35.7 Å². The van der Waals surface area contributed by atoms with Crippen molar-refractivity contribution in [3.63, 3.8) is 0 Å². The van der Waals surface area contributed by atoms with Gasteiger partial charge in [-0.2, -0.15) is 0 Å². The lowest BCUT2D eigenvalue weighted by Crippen LogP contribution is -2.60. The minimum Gasteiger partial charge on any atom is -0.351 e. The molecular formula is C25H30ClFN4O2. The summed E-state index contributed by atoms with van der Waals surface area (Å²) < 4.78 is 14.2. The van der Waals surface area contributed by atoms with E-state index in [9.17, 15) is 14.0 Å². The van der Waals surface area contributed by atoms with E-state index in [1.165, 1.54) is 38.0 Å². The summed E-state index contributed by atoms with van der Waals surface area (Å²) in [7, 11) is 0. The molecule has 33 heavy (non-hydrogen) atoms. The number of halogens is 2. The highest BCUT2D eigenvalue weighted by Crippen LogP contribution is 2.51. The van der Waals surface area contributed by atoms with Crippen molar-refractivity contribution in [3.8, 4) is 0 Å². The lowest BCUT2D eigenvalue weighted by molar-refractivity contribution is -0.132. The van der Waals surface area contributed by atoms with Crippen LogP contribution in [0.15, 0.2) is 43.0 Å². The van der Waals surface area contributed by atoms with Gasteiger partial charge in [0.05, 0.1) is 0 Å². The van der Waals surface area contributed by atoms with Crippen molar-refractivity contribution in [1.82, 2.24) is 15.3 Å². The average Bonchev–Trinajstić information content (AvgIpc) is 2.80. The highest BCUT2D eigenvalue weighted by Gasteiger charge is 2.48. The molecule has 1 N–H and O–H groups in total. The van der Waals surface area contributed by atoms with Crippen molar-refractivity contribution >= 4 is 29.1 Å². The number of aromatic nitrogens is 2. The molecule has 1 spiro atoms. The van der Waals surface area contributed by atoms with Crippen LogP contribution in [0, 0.1) is 12.3 Å². The molecule has 1 heterocycles. The Balaban J connectivity index is 1.69. The summed E-state index contributed by atoms with van der Waals surface area (Å²) in [6.45, 7) is 3.50. The summed E-state index contributed by atoms with van der Waals surface area (Å²) >= 11 is 5.63. The number of hydrogen-bond donors (Lipinski definition) is 1. The fourth-order valence-corrected chi connectivity index (χ4v) is 5.28. The lowest BCUT2D eigenvalue weighted by Gasteiger charge is -2.48. The van der Waals surface area contributed by atoms with Gasteiger partial charge in [0.1, 0.15) is 6.33 Å². The maximum Gasteiger partial charge on any atom is 0.278 e. The van der Waals surface area contributed by atoms with Crippen molar-refractivity contribution < 1.29 is 14.0 Å². The molecule has 0 unspecified atom stereocenters. The van der Waals surface area contributed by atoms with E-state index in [0.717, 1.165) is 36.1 Å². The molecule has 0 bridgehead atoms. The van der Waals surface area contributed by atoms with Crippen LogP contribution in [0.3, 0.4) is 0 Å². The summed E-state index contributed by atoms with van der Waals surface area (Å²) in [6.07, 6.45) is 12.1. The quantitative estimate of drug-likeness (QED) is 0.613. The normalized spacial score (nSPS) is 20.4. The first-order valence-electron chi connectivity index (χ1n) is 11.5. The first-order chi connectivity index (χ1) is 15.7. The molecule has 0 radical (unpaired) electrons. The summed E-state index contributed by atoms with van der Waals surface area (Å²) in [5, 5.41) is 3.15. The second-order valence-corrected chi connectivity index (χ2v) is 9.99. The second kappa shape index (κ2) is 9.37. The molecule has 1 aromatic heterocycles. The Morgan fingerprint density at radius 2 is 1.76 bits per heavy atom. The van der Waals surface area contributed by atoms with Gasteiger partial charge < -0.3 is 5.32 Å². The van der Waals surface area contributed by atoms with Crippen molar-refractivity contribution in [2.75, 3.05) is 4.90 Å². The molecule has 2 aliphatic carbocycles. The number of anilines is 1. The van der Waals surface area contributed by atoms with Gasteiger partial charge in [0, 0.05) is 29.7 Å². The van der Waals surface area contributed by atoms with Gasteiger partial charge in [0.2, 0.25) is 0 Å². The minimum absolute atomic E-state index is 0.000162. The predicted octanol–water partition coefficient (Wildman–Crippen LogP) is 4.80. The minimum atomic E-state index is -2.31. The van der Waals surface area contributed by atoms with E-state index in [0.29, 0.717) is 16.7 Å². The van der Waals surface area contributed by atoms with Crippen molar-refractivity contribution in [2.45, 2.75) is 76.0 Å². The van der Waals surface area contributed by atoms with Crippen LogP contribution >= 0.6 is 11.6 Å². The number of benzene rings is 1. The monoisotopic (exact) mass is 472 g/mol. The number of alkyl halides is 2. The van der Waals surface area contributed by atoms with Gasteiger partial charge in [-0.3, -0.25) is 14.5 Å². The van der Waals surface area contributed by atoms with Crippen molar-refractivity contribution in [2.24, 2.45) is 5.41 Å². The smallest absolute Gasteiger partial charge is 0.278 e. The molecule has 6 nitrogen and oxygen atoms in total. The van der Waals surface area contributed by atoms with Gasteiger partial charge in [-0.05, 0) is 69.9 Å². The van der Waals surface area contributed by atoms with Crippen LogP contribution in [0.5, 0.6) is 0 Å². The number of rotatable bonds is 6. The van der Waals surface area contributed by atoms with Crippen LogP contribution in [-0.2, 0) is 15.1 Å². The third-order valence-corrected chi connectivity index (χ3v) is 7.69. The SMILES string of the molecule is Cc1ccc(N(C(=O)[C@H](F)Cl)[C@@](C)(C(=O)NC2CCC3(CCC3)CC2)c2cncnc2)cc1. The van der Waals surface area contributed by atoms with Gasteiger partial charge in [0.25, 0.3) is 17.4 Å². The molecule has 2 fully saturated rings. The Bertz CT molecular complexity index is 987. The number of nitrogens with zero attached hydrogens (tertiary/aromatic N) is 3. The molecule has 0 saturated heterocycles. The summed E-state index contributed by atoms with van der Waals surface area (Å²) in [5.74, 6) is -1.42. The molecule has 2 saturated carbocycles. The van der Waals surface area contributed by atoms with E-state index >= 15 is 0 Å². The third-order valence-electron chi connectivity index (χ3n) is 7.51. The Hall–Kier alpha value is -2.54. The van der Waals surface area contributed by atoms with Crippen LogP contribution in [0.25, 0.3) is 0 Å². The Labute approximate surface area is 198 Å². The fourth-order valence-electron chi connectivity index (χ4n) is 5.19. The van der Waals surface area contributed by atoms with Crippen LogP contribution in [-0.4, -0.2) is 33.5 Å².